The zero-order chi connectivity index (χ0) is 28.6. The number of benzene rings is 2. The fourth-order valence-electron chi connectivity index (χ4n) is 4.44. The minimum atomic E-state index is -5.08. The first-order chi connectivity index (χ1) is 18.4. The van der Waals surface area contributed by atoms with Gasteiger partial charge in [0, 0.05) is 27.7 Å². The molecule has 1 aliphatic carbocycles. The zero-order valence-electron chi connectivity index (χ0n) is 21.0. The van der Waals surface area contributed by atoms with E-state index in [1.54, 1.807) is 29.7 Å². The number of alkyl halides is 3. The highest BCUT2D eigenvalue weighted by molar-refractivity contribution is 5.95. The SMILES string of the molecule is Cc1cc(COc2ccc(C(=O)NC3(CC(=O)NO)CCCC3)cc2)c2ccccc2n1.O=C(O)C(F)(F)F. The third kappa shape index (κ3) is 8.14. The fraction of sp³-hybridized carbons (Fsp3) is 0.333. The summed E-state index contributed by atoms with van der Waals surface area (Å²) in [6, 6.07) is 17.0. The number of nitrogens with zero attached hydrogens (tertiary/aromatic N) is 1. The van der Waals surface area contributed by atoms with Crippen LogP contribution < -0.4 is 15.5 Å². The van der Waals surface area contributed by atoms with E-state index in [4.69, 9.17) is 19.8 Å². The third-order valence-corrected chi connectivity index (χ3v) is 6.25. The molecule has 0 spiro atoms. The molecule has 0 atom stereocenters. The Hall–Kier alpha value is -4.19. The lowest BCUT2D eigenvalue weighted by Gasteiger charge is -2.29. The Morgan fingerprint density at radius 2 is 1.67 bits per heavy atom. The molecule has 3 aromatic rings. The summed E-state index contributed by atoms with van der Waals surface area (Å²) < 4.78 is 37.7. The number of carboxylic acid groups (broad SMARTS) is 1. The number of aliphatic carboxylic acids is 1. The number of hydroxylamine groups is 1. The second-order valence-electron chi connectivity index (χ2n) is 9.21. The van der Waals surface area contributed by atoms with Gasteiger partial charge in [-0.25, -0.2) is 10.3 Å². The van der Waals surface area contributed by atoms with Crippen LogP contribution in [-0.4, -0.2) is 44.8 Å². The van der Waals surface area contributed by atoms with Crippen LogP contribution in [0.15, 0.2) is 54.6 Å². The van der Waals surface area contributed by atoms with Crippen molar-refractivity contribution in [3.05, 3.63) is 71.4 Å². The molecule has 1 saturated carbocycles. The summed E-state index contributed by atoms with van der Waals surface area (Å²) in [4.78, 5) is 37.9. The van der Waals surface area contributed by atoms with Crippen molar-refractivity contribution in [3.8, 4) is 5.75 Å². The quantitative estimate of drug-likeness (QED) is 0.249. The molecule has 0 aliphatic heterocycles. The van der Waals surface area contributed by atoms with Gasteiger partial charge in [-0.15, -0.1) is 0 Å². The monoisotopic (exact) mass is 547 g/mol. The summed E-state index contributed by atoms with van der Waals surface area (Å²) in [7, 11) is 0. The van der Waals surface area contributed by atoms with Gasteiger partial charge in [0.2, 0.25) is 5.91 Å². The zero-order valence-corrected chi connectivity index (χ0v) is 21.0. The number of fused-ring (bicyclic) bond motifs is 1. The Morgan fingerprint density at radius 3 is 2.26 bits per heavy atom. The highest BCUT2D eigenvalue weighted by atomic mass is 19.4. The largest absolute Gasteiger partial charge is 0.490 e. The van der Waals surface area contributed by atoms with Gasteiger partial charge in [0.25, 0.3) is 5.91 Å². The maximum absolute atomic E-state index is 12.8. The van der Waals surface area contributed by atoms with Crippen LogP contribution in [-0.2, 0) is 16.2 Å². The molecule has 9 nitrogen and oxygen atoms in total. The number of hydrogen-bond acceptors (Lipinski definition) is 6. The van der Waals surface area contributed by atoms with Gasteiger partial charge in [-0.3, -0.25) is 19.8 Å². The lowest BCUT2D eigenvalue weighted by Crippen LogP contribution is -2.49. The molecule has 4 N–H and O–H groups in total. The number of rotatable bonds is 7. The molecule has 0 bridgehead atoms. The minimum absolute atomic E-state index is 0.0652. The molecule has 0 radical (unpaired) electrons. The number of aromatic nitrogens is 1. The van der Waals surface area contributed by atoms with E-state index in [1.807, 2.05) is 37.3 Å². The lowest BCUT2D eigenvalue weighted by atomic mass is 9.92. The number of aryl methyl sites for hydroxylation is 1. The van der Waals surface area contributed by atoms with Gasteiger partial charge in [-0.05, 0) is 56.2 Å². The molecule has 2 amide bonds. The van der Waals surface area contributed by atoms with Crippen molar-refractivity contribution in [1.82, 2.24) is 15.8 Å². The van der Waals surface area contributed by atoms with Crippen LogP contribution in [0, 0.1) is 6.92 Å². The molecule has 2 aromatic carbocycles. The summed E-state index contributed by atoms with van der Waals surface area (Å²) in [5.41, 5.74) is 4.48. The summed E-state index contributed by atoms with van der Waals surface area (Å²) in [5.74, 6) is -2.82. The first-order valence-corrected chi connectivity index (χ1v) is 12.1. The van der Waals surface area contributed by atoms with Crippen LogP contribution in [0.1, 0.15) is 53.7 Å². The molecule has 12 heteroatoms. The topological polar surface area (TPSA) is 138 Å². The van der Waals surface area contributed by atoms with Gasteiger partial charge in [0.05, 0.1) is 11.9 Å². The molecular weight excluding hydrogens is 519 g/mol. The molecule has 1 fully saturated rings. The Morgan fingerprint density at radius 1 is 1.05 bits per heavy atom. The smallest absolute Gasteiger partial charge is 0.489 e. The van der Waals surface area contributed by atoms with Gasteiger partial charge >= 0.3 is 12.1 Å². The predicted octanol–water partition coefficient (Wildman–Crippen LogP) is 4.69. The van der Waals surface area contributed by atoms with Crippen LogP contribution in [0.4, 0.5) is 13.2 Å². The number of halogens is 3. The van der Waals surface area contributed by atoms with Gasteiger partial charge in [0.1, 0.15) is 12.4 Å². The number of ether oxygens (including phenoxy) is 1. The second-order valence-corrected chi connectivity index (χ2v) is 9.21. The van der Waals surface area contributed by atoms with Crippen LogP contribution in [0.25, 0.3) is 10.9 Å². The van der Waals surface area contributed by atoms with Crippen LogP contribution in [0.3, 0.4) is 0 Å². The molecule has 1 aliphatic rings. The van der Waals surface area contributed by atoms with Crippen LogP contribution >= 0.6 is 0 Å². The Bertz CT molecular complexity index is 1320. The number of pyridine rings is 1. The summed E-state index contributed by atoms with van der Waals surface area (Å²) in [6.45, 7) is 2.36. The van der Waals surface area contributed by atoms with E-state index >= 15 is 0 Å². The number of hydrogen-bond donors (Lipinski definition) is 4. The highest BCUT2D eigenvalue weighted by Gasteiger charge is 2.38. The number of carbonyl (C=O) groups is 3. The van der Waals surface area contributed by atoms with Crippen molar-refractivity contribution in [2.75, 3.05) is 0 Å². The van der Waals surface area contributed by atoms with Crippen molar-refractivity contribution in [2.45, 2.75) is 57.3 Å². The fourth-order valence-corrected chi connectivity index (χ4v) is 4.44. The molecule has 1 aromatic heterocycles. The van der Waals surface area contributed by atoms with E-state index in [9.17, 15) is 22.8 Å². The number of nitrogens with one attached hydrogen (secondary N) is 2. The number of carboxylic acids is 1. The molecule has 4 rings (SSSR count). The lowest BCUT2D eigenvalue weighted by molar-refractivity contribution is -0.192. The van der Waals surface area contributed by atoms with Crippen molar-refractivity contribution in [3.63, 3.8) is 0 Å². The highest BCUT2D eigenvalue weighted by Crippen LogP contribution is 2.33. The summed E-state index contributed by atoms with van der Waals surface area (Å²) >= 11 is 0. The third-order valence-electron chi connectivity index (χ3n) is 6.25. The Balaban J connectivity index is 0.000000532. The standard InChI is InChI=1S/C25H27N3O4.C2HF3O2/c1-17-14-19(21-6-2-3-7-22(21)26-17)16-32-20-10-8-18(9-11-20)24(30)27-25(12-4-5-13-25)15-23(29)28-31;3-2(4,5)1(6)7/h2-3,6-11,14,31H,4-5,12-13,15-16H2,1H3,(H,27,30)(H,28,29);(H,6,7). The molecule has 1 heterocycles. The average Bonchev–Trinajstić information content (AvgIpc) is 3.34. The van der Waals surface area contributed by atoms with Crippen molar-refractivity contribution in [1.29, 1.82) is 0 Å². The molecular formula is C27H28F3N3O6. The van der Waals surface area contributed by atoms with E-state index in [1.165, 1.54) is 0 Å². The summed E-state index contributed by atoms with van der Waals surface area (Å²) in [5, 5.41) is 20.1. The van der Waals surface area contributed by atoms with Gasteiger partial charge < -0.3 is 15.2 Å². The second kappa shape index (κ2) is 12.6. The van der Waals surface area contributed by atoms with E-state index in [0.29, 0.717) is 30.8 Å². The molecule has 39 heavy (non-hydrogen) atoms. The number of amides is 2. The minimum Gasteiger partial charge on any atom is -0.489 e. The van der Waals surface area contributed by atoms with E-state index in [-0.39, 0.29) is 12.3 Å². The van der Waals surface area contributed by atoms with Crippen molar-refractivity contribution < 1.29 is 42.6 Å². The van der Waals surface area contributed by atoms with E-state index in [0.717, 1.165) is 35.0 Å². The van der Waals surface area contributed by atoms with Gasteiger partial charge in [-0.2, -0.15) is 13.2 Å². The van der Waals surface area contributed by atoms with Crippen molar-refractivity contribution in [2.24, 2.45) is 0 Å². The Labute approximate surface area is 222 Å². The van der Waals surface area contributed by atoms with Crippen LogP contribution in [0.2, 0.25) is 0 Å². The molecule has 208 valence electrons. The van der Waals surface area contributed by atoms with E-state index in [2.05, 4.69) is 10.3 Å². The number of para-hydroxylation sites is 1. The van der Waals surface area contributed by atoms with Crippen LogP contribution in [0.5, 0.6) is 5.75 Å². The first kappa shape index (κ1) is 29.4. The van der Waals surface area contributed by atoms with Gasteiger partial charge in [0.15, 0.2) is 0 Å². The Kier molecular flexibility index (Phi) is 9.47. The predicted molar refractivity (Wildman–Crippen MR) is 134 cm³/mol. The normalized spacial score (nSPS) is 14.2. The van der Waals surface area contributed by atoms with Crippen molar-refractivity contribution >= 4 is 28.7 Å². The molecule has 0 unspecified atom stereocenters. The van der Waals surface area contributed by atoms with Gasteiger partial charge in [-0.1, -0.05) is 31.0 Å². The number of carbonyl (C=O) groups excluding carboxylic acids is 2. The first-order valence-electron chi connectivity index (χ1n) is 12.1. The maximum Gasteiger partial charge on any atom is 0.490 e. The van der Waals surface area contributed by atoms with E-state index < -0.39 is 23.6 Å². The molecule has 0 saturated heterocycles. The average molecular weight is 548 g/mol. The maximum atomic E-state index is 12.8. The summed E-state index contributed by atoms with van der Waals surface area (Å²) in [6.07, 6.45) is -1.71.